The van der Waals surface area contributed by atoms with Crippen LogP contribution in [0.3, 0.4) is 0 Å². The van der Waals surface area contributed by atoms with Crippen LogP contribution in [0.5, 0.6) is 5.75 Å². The van der Waals surface area contributed by atoms with Crippen LogP contribution in [0.2, 0.25) is 0 Å². The lowest BCUT2D eigenvalue weighted by molar-refractivity contribution is 0.0960. The lowest BCUT2D eigenvalue weighted by Crippen LogP contribution is -2.01. The molecule has 0 N–H and O–H groups in total. The van der Waals surface area contributed by atoms with Crippen LogP contribution in [-0.2, 0) is 0 Å². The van der Waals surface area contributed by atoms with Crippen LogP contribution in [0.15, 0.2) is 4.47 Å². The fourth-order valence-corrected chi connectivity index (χ4v) is 1.99. The van der Waals surface area contributed by atoms with Crippen molar-refractivity contribution in [1.29, 1.82) is 0 Å². The summed E-state index contributed by atoms with van der Waals surface area (Å²) in [5, 5.41) is 0. The maximum Gasteiger partial charge on any atom is 0.204 e. The molecule has 2 nitrogen and oxygen atoms in total. The molecule has 1 aliphatic rings. The molecule has 74 valence electrons. The van der Waals surface area contributed by atoms with Crippen molar-refractivity contribution >= 4 is 21.7 Å². The number of ether oxygens (including phenoxy) is 1. The van der Waals surface area contributed by atoms with Crippen molar-refractivity contribution in [3.8, 4) is 5.75 Å². The molecule has 0 saturated heterocycles. The SMILES string of the molecule is Cc1c(F)c2c(c(C)c1Br)C(=O)CO2. The summed E-state index contributed by atoms with van der Waals surface area (Å²) in [6.07, 6.45) is 0. The zero-order valence-electron chi connectivity index (χ0n) is 7.78. The van der Waals surface area contributed by atoms with E-state index in [-0.39, 0.29) is 18.1 Å². The molecule has 14 heavy (non-hydrogen) atoms. The van der Waals surface area contributed by atoms with E-state index in [1.807, 2.05) is 0 Å². The van der Waals surface area contributed by atoms with E-state index in [2.05, 4.69) is 15.9 Å². The standard InChI is InChI=1S/C10H8BrFO2/c1-4-7-6(13)3-14-10(7)9(12)5(2)8(4)11/h3H2,1-2H3. The van der Waals surface area contributed by atoms with Gasteiger partial charge in [-0.05, 0) is 19.4 Å². The Morgan fingerprint density at radius 1 is 1.36 bits per heavy atom. The van der Waals surface area contributed by atoms with Crippen LogP contribution in [0, 0.1) is 19.7 Å². The maximum absolute atomic E-state index is 13.6. The molecule has 0 fully saturated rings. The molecule has 0 atom stereocenters. The van der Waals surface area contributed by atoms with Crippen LogP contribution in [0.25, 0.3) is 0 Å². The van der Waals surface area contributed by atoms with E-state index in [1.165, 1.54) is 0 Å². The average Bonchev–Trinajstić information content (AvgIpc) is 2.54. The van der Waals surface area contributed by atoms with Gasteiger partial charge in [0.15, 0.2) is 18.2 Å². The quantitative estimate of drug-likeness (QED) is 0.716. The Bertz CT molecular complexity index is 440. The van der Waals surface area contributed by atoms with Gasteiger partial charge in [-0.25, -0.2) is 4.39 Å². The lowest BCUT2D eigenvalue weighted by atomic mass is 10.0. The van der Waals surface area contributed by atoms with Crippen molar-refractivity contribution in [1.82, 2.24) is 0 Å². The van der Waals surface area contributed by atoms with Crippen molar-refractivity contribution in [2.24, 2.45) is 0 Å². The molecule has 0 radical (unpaired) electrons. The third-order valence-electron chi connectivity index (χ3n) is 2.42. The molecule has 2 rings (SSSR count). The Balaban J connectivity index is 2.84. The van der Waals surface area contributed by atoms with Crippen LogP contribution < -0.4 is 4.74 Å². The molecule has 1 aromatic carbocycles. The van der Waals surface area contributed by atoms with E-state index in [9.17, 15) is 9.18 Å². The first-order chi connectivity index (χ1) is 6.54. The molecule has 0 saturated carbocycles. The number of halogens is 2. The average molecular weight is 259 g/mol. The first-order valence-corrected chi connectivity index (χ1v) is 4.97. The molecular weight excluding hydrogens is 251 g/mol. The van der Waals surface area contributed by atoms with Gasteiger partial charge in [-0.2, -0.15) is 0 Å². The molecule has 4 heteroatoms. The Kier molecular flexibility index (Phi) is 2.10. The summed E-state index contributed by atoms with van der Waals surface area (Å²) < 4.78 is 19.3. The number of carbonyl (C=O) groups is 1. The highest BCUT2D eigenvalue weighted by atomic mass is 79.9. The third-order valence-corrected chi connectivity index (χ3v) is 3.61. The van der Waals surface area contributed by atoms with E-state index < -0.39 is 5.82 Å². The van der Waals surface area contributed by atoms with E-state index in [0.29, 0.717) is 15.6 Å². The molecule has 0 bridgehead atoms. The summed E-state index contributed by atoms with van der Waals surface area (Å²) in [6.45, 7) is 3.38. The fourth-order valence-electron chi connectivity index (χ4n) is 1.62. The van der Waals surface area contributed by atoms with Crippen molar-refractivity contribution in [2.75, 3.05) is 6.61 Å². The minimum Gasteiger partial charge on any atom is -0.482 e. The molecular formula is C10H8BrFO2. The number of Topliss-reactive ketones (excluding diaryl/α,β-unsaturated/α-hetero) is 1. The first kappa shape index (κ1) is 9.65. The first-order valence-electron chi connectivity index (χ1n) is 4.18. The van der Waals surface area contributed by atoms with Gasteiger partial charge in [0.2, 0.25) is 5.78 Å². The molecule has 0 spiro atoms. The highest BCUT2D eigenvalue weighted by Gasteiger charge is 2.29. The van der Waals surface area contributed by atoms with Gasteiger partial charge >= 0.3 is 0 Å². The second-order valence-corrected chi connectivity index (χ2v) is 4.09. The van der Waals surface area contributed by atoms with Gasteiger partial charge in [-0.15, -0.1) is 0 Å². The second-order valence-electron chi connectivity index (χ2n) is 3.29. The Hall–Kier alpha value is -0.900. The summed E-state index contributed by atoms with van der Waals surface area (Å²) in [5.74, 6) is -0.492. The topological polar surface area (TPSA) is 26.3 Å². The normalized spacial score (nSPS) is 14.1. The molecule has 0 unspecified atom stereocenters. The van der Waals surface area contributed by atoms with Gasteiger partial charge in [0.25, 0.3) is 0 Å². The summed E-state index contributed by atoms with van der Waals surface area (Å²) >= 11 is 3.26. The van der Waals surface area contributed by atoms with Crippen LogP contribution >= 0.6 is 15.9 Å². The van der Waals surface area contributed by atoms with Crippen molar-refractivity contribution in [2.45, 2.75) is 13.8 Å². The van der Waals surface area contributed by atoms with Crippen LogP contribution in [0.1, 0.15) is 21.5 Å². The van der Waals surface area contributed by atoms with E-state index in [0.717, 1.165) is 5.56 Å². The minimum atomic E-state index is -0.441. The monoisotopic (exact) mass is 258 g/mol. The predicted octanol–water partition coefficient (Wildman–Crippen LogP) is 2.78. The molecule has 1 aliphatic heterocycles. The van der Waals surface area contributed by atoms with Crippen molar-refractivity contribution in [3.05, 3.63) is 27.0 Å². The highest BCUT2D eigenvalue weighted by molar-refractivity contribution is 9.10. The molecule has 1 heterocycles. The van der Waals surface area contributed by atoms with Crippen molar-refractivity contribution < 1.29 is 13.9 Å². The fraction of sp³-hybridized carbons (Fsp3) is 0.300. The van der Waals surface area contributed by atoms with E-state index in [4.69, 9.17) is 4.74 Å². The minimum absolute atomic E-state index is 0.0526. The van der Waals surface area contributed by atoms with Crippen LogP contribution in [-0.4, -0.2) is 12.4 Å². The number of benzene rings is 1. The summed E-state index contributed by atoms with van der Waals surface area (Å²) in [6, 6.07) is 0. The molecule has 0 amide bonds. The van der Waals surface area contributed by atoms with Gasteiger partial charge in [0, 0.05) is 10.0 Å². The lowest BCUT2D eigenvalue weighted by Gasteiger charge is -2.09. The van der Waals surface area contributed by atoms with E-state index >= 15 is 0 Å². The summed E-state index contributed by atoms with van der Waals surface area (Å²) in [4.78, 5) is 11.4. The summed E-state index contributed by atoms with van der Waals surface area (Å²) in [5.41, 5.74) is 1.61. The number of hydrogen-bond acceptors (Lipinski definition) is 2. The van der Waals surface area contributed by atoms with Gasteiger partial charge < -0.3 is 4.74 Å². The largest absolute Gasteiger partial charge is 0.482 e. The highest BCUT2D eigenvalue weighted by Crippen LogP contribution is 2.38. The second kappa shape index (κ2) is 3.05. The number of carbonyl (C=O) groups excluding carboxylic acids is 1. The smallest absolute Gasteiger partial charge is 0.204 e. The van der Waals surface area contributed by atoms with Crippen molar-refractivity contribution in [3.63, 3.8) is 0 Å². The Morgan fingerprint density at radius 2 is 2.00 bits per heavy atom. The van der Waals surface area contributed by atoms with Gasteiger partial charge in [-0.1, -0.05) is 15.9 Å². The predicted molar refractivity (Wildman–Crippen MR) is 53.4 cm³/mol. The number of ketones is 1. The number of hydrogen-bond donors (Lipinski definition) is 0. The Labute approximate surface area is 89.2 Å². The maximum atomic E-state index is 13.6. The summed E-state index contributed by atoms with van der Waals surface area (Å²) in [7, 11) is 0. The van der Waals surface area contributed by atoms with Gasteiger partial charge in [-0.3, -0.25) is 4.79 Å². The van der Waals surface area contributed by atoms with Gasteiger partial charge in [0.1, 0.15) is 0 Å². The third kappa shape index (κ3) is 1.10. The molecule has 0 aliphatic carbocycles. The number of rotatable bonds is 0. The van der Waals surface area contributed by atoms with E-state index in [1.54, 1.807) is 13.8 Å². The Morgan fingerprint density at radius 3 is 2.64 bits per heavy atom. The van der Waals surface area contributed by atoms with Gasteiger partial charge in [0.05, 0.1) is 5.56 Å². The molecule has 0 aromatic heterocycles. The zero-order valence-corrected chi connectivity index (χ0v) is 9.37. The number of fused-ring (bicyclic) bond motifs is 1. The zero-order chi connectivity index (χ0) is 10.5. The van der Waals surface area contributed by atoms with Crippen LogP contribution in [0.4, 0.5) is 4.39 Å². The molecule has 1 aromatic rings.